The number of rotatable bonds is 8. The lowest BCUT2D eigenvalue weighted by Crippen LogP contribution is -2.25. The summed E-state index contributed by atoms with van der Waals surface area (Å²) >= 11 is 0. The first-order chi connectivity index (χ1) is 17.2. The van der Waals surface area contributed by atoms with Crippen molar-refractivity contribution >= 4 is 0 Å². The van der Waals surface area contributed by atoms with Crippen LogP contribution in [-0.4, -0.2) is 41.9 Å². The van der Waals surface area contributed by atoms with Crippen LogP contribution in [0.4, 0.5) is 0 Å². The lowest BCUT2D eigenvalue weighted by atomic mass is 10.0. The number of H-pyrrole nitrogens is 1. The maximum absolute atomic E-state index is 13.4. The fourth-order valence-electron chi connectivity index (χ4n) is 4.21. The second-order valence-electron chi connectivity index (χ2n) is 8.11. The van der Waals surface area contributed by atoms with Gasteiger partial charge in [0, 0.05) is 29.2 Å². The summed E-state index contributed by atoms with van der Waals surface area (Å²) in [5.74, 6) is 1.25. The van der Waals surface area contributed by atoms with Crippen molar-refractivity contribution in [2.75, 3.05) is 7.11 Å². The van der Waals surface area contributed by atoms with Crippen molar-refractivity contribution in [2.45, 2.75) is 26.3 Å². The second kappa shape index (κ2) is 9.76. The Labute approximate surface area is 202 Å². The van der Waals surface area contributed by atoms with Crippen LogP contribution < -0.4 is 10.4 Å². The predicted octanol–water partition coefficient (Wildman–Crippen LogP) is 3.89. The summed E-state index contributed by atoms with van der Waals surface area (Å²) in [4.78, 5) is 18.1. The fraction of sp³-hybridized carbons (Fsp3) is 0.192. The standard InChI is InChI=1S/C26H25N7O2/c1-3-8-20-17-33(23-11-6-7-12-24(23)35-2)26(34)32(20)16-19-14-13-18(15-27-19)21-9-4-5-10-22(21)25-28-30-31-29-25/h4-7,9-15,17H,3,8,16H2,1-2H3,(H,28,29,30,31). The number of aromatic nitrogens is 7. The number of hydrogen-bond acceptors (Lipinski definition) is 6. The highest BCUT2D eigenvalue weighted by atomic mass is 16.5. The van der Waals surface area contributed by atoms with E-state index in [1.54, 1.807) is 16.2 Å². The van der Waals surface area contributed by atoms with Gasteiger partial charge in [0.2, 0.25) is 0 Å². The Morgan fingerprint density at radius 1 is 1.00 bits per heavy atom. The van der Waals surface area contributed by atoms with E-state index < -0.39 is 0 Å². The molecule has 0 radical (unpaired) electrons. The van der Waals surface area contributed by atoms with Crippen molar-refractivity contribution in [2.24, 2.45) is 0 Å². The van der Waals surface area contributed by atoms with E-state index in [9.17, 15) is 4.79 Å². The van der Waals surface area contributed by atoms with Gasteiger partial charge in [-0.25, -0.2) is 9.89 Å². The number of para-hydroxylation sites is 2. The number of aromatic amines is 1. The number of tetrazole rings is 1. The van der Waals surface area contributed by atoms with Crippen molar-refractivity contribution in [3.8, 4) is 34.0 Å². The smallest absolute Gasteiger partial charge is 0.333 e. The lowest BCUT2D eigenvalue weighted by Gasteiger charge is -2.09. The minimum Gasteiger partial charge on any atom is -0.495 e. The van der Waals surface area contributed by atoms with Gasteiger partial charge in [0.15, 0.2) is 5.82 Å². The Morgan fingerprint density at radius 2 is 1.80 bits per heavy atom. The summed E-state index contributed by atoms with van der Waals surface area (Å²) in [6.07, 6.45) is 5.43. The molecule has 3 heterocycles. The molecule has 3 aromatic heterocycles. The van der Waals surface area contributed by atoms with Gasteiger partial charge in [-0.2, -0.15) is 0 Å². The molecule has 9 heteroatoms. The van der Waals surface area contributed by atoms with E-state index in [0.717, 1.165) is 46.6 Å². The van der Waals surface area contributed by atoms with Gasteiger partial charge in [-0.3, -0.25) is 14.1 Å². The number of aryl methyl sites for hydroxylation is 1. The molecule has 0 bridgehead atoms. The van der Waals surface area contributed by atoms with Crippen molar-refractivity contribution in [3.05, 3.63) is 94.9 Å². The van der Waals surface area contributed by atoms with Gasteiger partial charge in [-0.05, 0) is 40.6 Å². The second-order valence-corrected chi connectivity index (χ2v) is 8.11. The van der Waals surface area contributed by atoms with Crippen molar-refractivity contribution in [3.63, 3.8) is 0 Å². The topological polar surface area (TPSA) is 104 Å². The van der Waals surface area contributed by atoms with E-state index in [4.69, 9.17) is 4.74 Å². The summed E-state index contributed by atoms with van der Waals surface area (Å²) in [5.41, 5.74) is 5.15. The Bertz CT molecular complexity index is 1490. The van der Waals surface area contributed by atoms with E-state index in [2.05, 4.69) is 32.5 Å². The molecule has 2 aromatic carbocycles. The number of benzene rings is 2. The molecule has 0 fully saturated rings. The predicted molar refractivity (Wildman–Crippen MR) is 133 cm³/mol. The van der Waals surface area contributed by atoms with Crippen LogP contribution in [0.25, 0.3) is 28.2 Å². The summed E-state index contributed by atoms with van der Waals surface area (Å²) in [5, 5.41) is 14.2. The molecule has 5 rings (SSSR count). The van der Waals surface area contributed by atoms with Crippen LogP contribution in [-0.2, 0) is 13.0 Å². The number of ether oxygens (including phenoxy) is 1. The molecule has 35 heavy (non-hydrogen) atoms. The van der Waals surface area contributed by atoms with Gasteiger partial charge in [0.05, 0.1) is 25.0 Å². The normalized spacial score (nSPS) is 11.0. The molecule has 9 nitrogen and oxygen atoms in total. The number of nitrogens with one attached hydrogen (secondary N) is 1. The first-order valence-electron chi connectivity index (χ1n) is 11.4. The average molecular weight is 468 g/mol. The maximum atomic E-state index is 13.4. The molecule has 176 valence electrons. The highest BCUT2D eigenvalue weighted by Crippen LogP contribution is 2.29. The van der Waals surface area contributed by atoms with Gasteiger partial charge in [0.1, 0.15) is 5.75 Å². The highest BCUT2D eigenvalue weighted by Gasteiger charge is 2.16. The third kappa shape index (κ3) is 4.35. The molecule has 0 spiro atoms. The van der Waals surface area contributed by atoms with Crippen molar-refractivity contribution in [1.82, 2.24) is 34.7 Å². The summed E-state index contributed by atoms with van der Waals surface area (Å²) in [6, 6.07) is 19.4. The molecular weight excluding hydrogens is 442 g/mol. The third-order valence-electron chi connectivity index (χ3n) is 5.90. The van der Waals surface area contributed by atoms with Gasteiger partial charge >= 0.3 is 5.69 Å². The number of pyridine rings is 1. The molecule has 0 saturated heterocycles. The van der Waals surface area contributed by atoms with Crippen molar-refractivity contribution < 1.29 is 4.74 Å². The van der Waals surface area contributed by atoms with Crippen LogP contribution in [0.2, 0.25) is 0 Å². The monoisotopic (exact) mass is 467 g/mol. The number of imidazole rings is 1. The average Bonchev–Trinajstić information content (AvgIpc) is 3.54. The van der Waals surface area contributed by atoms with Gasteiger partial charge in [-0.15, -0.1) is 5.10 Å². The van der Waals surface area contributed by atoms with Crippen LogP contribution >= 0.6 is 0 Å². The fourth-order valence-corrected chi connectivity index (χ4v) is 4.21. The first-order valence-corrected chi connectivity index (χ1v) is 11.4. The zero-order valence-electron chi connectivity index (χ0n) is 19.5. The molecule has 0 atom stereocenters. The Morgan fingerprint density at radius 3 is 2.51 bits per heavy atom. The Balaban J connectivity index is 1.48. The Kier molecular flexibility index (Phi) is 6.21. The van der Waals surface area contributed by atoms with Gasteiger partial charge < -0.3 is 4.74 Å². The zero-order chi connectivity index (χ0) is 24.2. The van der Waals surface area contributed by atoms with E-state index >= 15 is 0 Å². The quantitative estimate of drug-likeness (QED) is 0.371. The first kappa shape index (κ1) is 22.3. The molecule has 1 N–H and O–H groups in total. The van der Waals surface area contributed by atoms with E-state index in [-0.39, 0.29) is 5.69 Å². The Hall–Kier alpha value is -4.53. The molecule has 0 aliphatic heterocycles. The number of methoxy groups -OCH3 is 1. The molecule has 0 aliphatic carbocycles. The number of nitrogens with zero attached hydrogens (tertiary/aromatic N) is 6. The van der Waals surface area contributed by atoms with E-state index in [0.29, 0.717) is 18.1 Å². The van der Waals surface area contributed by atoms with Crippen LogP contribution in [0.5, 0.6) is 5.75 Å². The summed E-state index contributed by atoms with van der Waals surface area (Å²) in [6.45, 7) is 2.48. The summed E-state index contributed by atoms with van der Waals surface area (Å²) in [7, 11) is 1.61. The molecule has 0 unspecified atom stereocenters. The largest absolute Gasteiger partial charge is 0.495 e. The van der Waals surface area contributed by atoms with E-state index in [1.807, 2.05) is 73.1 Å². The minimum atomic E-state index is -0.119. The molecule has 0 amide bonds. The molecule has 5 aromatic rings. The molecular formula is C26H25N7O2. The van der Waals surface area contributed by atoms with Crippen LogP contribution in [0.15, 0.2) is 77.9 Å². The lowest BCUT2D eigenvalue weighted by molar-refractivity contribution is 0.412. The number of hydrogen-bond donors (Lipinski definition) is 1. The van der Waals surface area contributed by atoms with Crippen LogP contribution in [0, 0.1) is 0 Å². The van der Waals surface area contributed by atoms with Crippen LogP contribution in [0.1, 0.15) is 24.7 Å². The zero-order valence-corrected chi connectivity index (χ0v) is 19.5. The SMILES string of the molecule is CCCc1cn(-c2ccccc2OC)c(=O)n1Cc1ccc(-c2ccccc2-c2nnn[nH]2)cn1. The highest BCUT2D eigenvalue weighted by molar-refractivity contribution is 5.79. The molecule has 0 aliphatic rings. The van der Waals surface area contributed by atoms with Gasteiger partial charge in [-0.1, -0.05) is 55.8 Å². The van der Waals surface area contributed by atoms with E-state index in [1.165, 1.54) is 0 Å². The minimum absolute atomic E-state index is 0.119. The van der Waals surface area contributed by atoms with Crippen LogP contribution in [0.3, 0.4) is 0 Å². The third-order valence-corrected chi connectivity index (χ3v) is 5.90. The molecule has 0 saturated carbocycles. The van der Waals surface area contributed by atoms with Gasteiger partial charge in [0.25, 0.3) is 0 Å². The maximum Gasteiger partial charge on any atom is 0.333 e. The van der Waals surface area contributed by atoms with Crippen molar-refractivity contribution in [1.29, 1.82) is 0 Å². The summed E-state index contributed by atoms with van der Waals surface area (Å²) < 4.78 is 8.91.